The standard InChI is InChI=1S/C11H16N2S.ClH/c1-9-4-5-11(13-7-9)14-8-10-3-2-6-12-10;/h4-5,7,10,12H,2-3,6,8H2,1H3;1H. The first-order valence-electron chi connectivity index (χ1n) is 5.13. The van der Waals surface area contributed by atoms with Crippen LogP contribution in [0.4, 0.5) is 0 Å². The molecule has 0 bridgehead atoms. The molecule has 0 aliphatic carbocycles. The fraction of sp³-hybridized carbons (Fsp3) is 0.545. The van der Waals surface area contributed by atoms with Crippen molar-refractivity contribution in [3.63, 3.8) is 0 Å². The van der Waals surface area contributed by atoms with Crippen LogP contribution in [0.2, 0.25) is 0 Å². The zero-order chi connectivity index (χ0) is 9.80. The van der Waals surface area contributed by atoms with Crippen molar-refractivity contribution in [2.24, 2.45) is 0 Å². The quantitative estimate of drug-likeness (QED) is 0.828. The molecule has 0 saturated carbocycles. The average molecular weight is 245 g/mol. The molecule has 1 fully saturated rings. The van der Waals surface area contributed by atoms with Gasteiger partial charge in [0.25, 0.3) is 0 Å². The highest BCUT2D eigenvalue weighted by molar-refractivity contribution is 7.99. The van der Waals surface area contributed by atoms with Gasteiger partial charge in [0.1, 0.15) is 0 Å². The number of rotatable bonds is 3. The molecule has 15 heavy (non-hydrogen) atoms. The lowest BCUT2D eigenvalue weighted by molar-refractivity contribution is 0.673. The van der Waals surface area contributed by atoms with E-state index in [2.05, 4.69) is 29.4 Å². The number of nitrogens with zero attached hydrogens (tertiary/aromatic N) is 1. The fourth-order valence-electron chi connectivity index (χ4n) is 1.62. The first-order chi connectivity index (χ1) is 6.84. The average Bonchev–Trinajstić information content (AvgIpc) is 2.70. The van der Waals surface area contributed by atoms with Gasteiger partial charge in [-0.2, -0.15) is 0 Å². The molecule has 84 valence electrons. The van der Waals surface area contributed by atoms with Crippen LogP contribution in [0.5, 0.6) is 0 Å². The zero-order valence-corrected chi connectivity index (χ0v) is 10.5. The molecule has 0 aromatic carbocycles. The maximum Gasteiger partial charge on any atom is 0.0960 e. The molecule has 1 aliphatic rings. The summed E-state index contributed by atoms with van der Waals surface area (Å²) in [6.07, 6.45) is 4.58. The Morgan fingerprint density at radius 2 is 2.40 bits per heavy atom. The molecule has 1 saturated heterocycles. The van der Waals surface area contributed by atoms with Crippen molar-refractivity contribution in [2.45, 2.75) is 30.8 Å². The molecule has 1 aromatic heterocycles. The van der Waals surface area contributed by atoms with Gasteiger partial charge in [0, 0.05) is 18.0 Å². The van der Waals surface area contributed by atoms with E-state index in [1.54, 1.807) is 0 Å². The Hall–Kier alpha value is -0.250. The minimum atomic E-state index is 0. The van der Waals surface area contributed by atoms with Crippen molar-refractivity contribution in [2.75, 3.05) is 12.3 Å². The van der Waals surface area contributed by atoms with Crippen LogP contribution in [0.25, 0.3) is 0 Å². The van der Waals surface area contributed by atoms with Crippen LogP contribution in [0.1, 0.15) is 18.4 Å². The third-order valence-electron chi connectivity index (χ3n) is 2.48. The minimum absolute atomic E-state index is 0. The summed E-state index contributed by atoms with van der Waals surface area (Å²) < 4.78 is 0. The molecule has 0 spiro atoms. The van der Waals surface area contributed by atoms with Crippen molar-refractivity contribution in [3.8, 4) is 0 Å². The number of aryl methyl sites for hydroxylation is 1. The highest BCUT2D eigenvalue weighted by Crippen LogP contribution is 2.19. The van der Waals surface area contributed by atoms with Crippen LogP contribution >= 0.6 is 24.2 Å². The summed E-state index contributed by atoms with van der Waals surface area (Å²) in [7, 11) is 0. The summed E-state index contributed by atoms with van der Waals surface area (Å²) in [4.78, 5) is 4.37. The molecule has 0 amide bonds. The van der Waals surface area contributed by atoms with Gasteiger partial charge in [-0.1, -0.05) is 6.07 Å². The van der Waals surface area contributed by atoms with Gasteiger partial charge in [-0.3, -0.25) is 0 Å². The van der Waals surface area contributed by atoms with E-state index in [0.29, 0.717) is 6.04 Å². The van der Waals surface area contributed by atoms with Gasteiger partial charge < -0.3 is 5.32 Å². The Morgan fingerprint density at radius 3 is 3.00 bits per heavy atom. The van der Waals surface area contributed by atoms with E-state index in [9.17, 15) is 0 Å². The summed E-state index contributed by atoms with van der Waals surface area (Å²) in [5, 5.41) is 4.63. The Morgan fingerprint density at radius 1 is 1.53 bits per heavy atom. The third kappa shape index (κ3) is 4.01. The Balaban J connectivity index is 0.00000112. The molecular weight excluding hydrogens is 228 g/mol. The molecule has 1 aliphatic heterocycles. The molecule has 1 N–H and O–H groups in total. The van der Waals surface area contributed by atoms with E-state index in [4.69, 9.17) is 0 Å². The Kier molecular flexibility index (Phi) is 5.43. The van der Waals surface area contributed by atoms with E-state index >= 15 is 0 Å². The second-order valence-electron chi connectivity index (χ2n) is 3.78. The van der Waals surface area contributed by atoms with Gasteiger partial charge in [-0.05, 0) is 37.9 Å². The number of thioether (sulfide) groups is 1. The van der Waals surface area contributed by atoms with Crippen molar-refractivity contribution in [3.05, 3.63) is 23.9 Å². The minimum Gasteiger partial charge on any atom is -0.313 e. The summed E-state index contributed by atoms with van der Waals surface area (Å²) in [5.41, 5.74) is 1.23. The summed E-state index contributed by atoms with van der Waals surface area (Å²) >= 11 is 1.85. The highest BCUT2D eigenvalue weighted by atomic mass is 35.5. The molecule has 0 radical (unpaired) electrons. The Bertz CT molecular complexity index is 283. The second-order valence-corrected chi connectivity index (χ2v) is 4.82. The topological polar surface area (TPSA) is 24.9 Å². The molecule has 1 aromatic rings. The van der Waals surface area contributed by atoms with Gasteiger partial charge in [-0.25, -0.2) is 4.98 Å². The molecule has 1 atom stereocenters. The smallest absolute Gasteiger partial charge is 0.0960 e. The van der Waals surface area contributed by atoms with E-state index in [0.717, 1.165) is 10.8 Å². The van der Waals surface area contributed by atoms with Gasteiger partial charge in [0.15, 0.2) is 0 Å². The van der Waals surface area contributed by atoms with Crippen molar-refractivity contribution >= 4 is 24.2 Å². The van der Waals surface area contributed by atoms with Gasteiger partial charge in [0.05, 0.1) is 5.03 Å². The predicted molar refractivity (Wildman–Crippen MR) is 68.0 cm³/mol. The normalized spacial score (nSPS) is 19.9. The lowest BCUT2D eigenvalue weighted by Gasteiger charge is -2.08. The van der Waals surface area contributed by atoms with Gasteiger partial charge >= 0.3 is 0 Å². The second kappa shape index (κ2) is 6.36. The number of pyridine rings is 1. The SMILES string of the molecule is Cc1ccc(SCC2CCCN2)nc1.Cl. The largest absolute Gasteiger partial charge is 0.313 e. The van der Waals surface area contributed by atoms with Crippen LogP contribution < -0.4 is 5.32 Å². The number of hydrogen-bond donors (Lipinski definition) is 1. The first kappa shape index (κ1) is 12.8. The summed E-state index contributed by atoms with van der Waals surface area (Å²) in [6, 6.07) is 4.93. The van der Waals surface area contributed by atoms with Crippen LogP contribution in [0.3, 0.4) is 0 Å². The van der Waals surface area contributed by atoms with E-state index in [1.807, 2.05) is 18.0 Å². The predicted octanol–water partition coefficient (Wildman–Crippen LogP) is 2.66. The number of aromatic nitrogens is 1. The molecule has 2 rings (SSSR count). The van der Waals surface area contributed by atoms with Crippen molar-refractivity contribution in [1.29, 1.82) is 0 Å². The lowest BCUT2D eigenvalue weighted by atomic mass is 10.3. The van der Waals surface area contributed by atoms with Crippen molar-refractivity contribution < 1.29 is 0 Å². The highest BCUT2D eigenvalue weighted by Gasteiger charge is 2.13. The fourth-order valence-corrected chi connectivity index (χ4v) is 2.57. The van der Waals surface area contributed by atoms with Gasteiger partial charge in [0.2, 0.25) is 0 Å². The number of hydrogen-bond acceptors (Lipinski definition) is 3. The number of halogens is 1. The van der Waals surface area contributed by atoms with E-state index in [1.165, 1.54) is 24.9 Å². The van der Waals surface area contributed by atoms with Crippen LogP contribution in [0.15, 0.2) is 23.4 Å². The van der Waals surface area contributed by atoms with Crippen LogP contribution in [-0.4, -0.2) is 23.3 Å². The summed E-state index contributed by atoms with van der Waals surface area (Å²) in [5.74, 6) is 1.15. The zero-order valence-electron chi connectivity index (χ0n) is 8.90. The molecule has 1 unspecified atom stereocenters. The van der Waals surface area contributed by atoms with Gasteiger partial charge in [-0.15, -0.1) is 24.2 Å². The first-order valence-corrected chi connectivity index (χ1v) is 6.12. The third-order valence-corrected chi connectivity index (χ3v) is 3.59. The maximum atomic E-state index is 4.37. The van der Waals surface area contributed by atoms with Crippen LogP contribution in [-0.2, 0) is 0 Å². The lowest BCUT2D eigenvalue weighted by Crippen LogP contribution is -2.23. The number of nitrogens with one attached hydrogen (secondary N) is 1. The maximum absolute atomic E-state index is 4.37. The molecule has 2 heterocycles. The molecule has 4 heteroatoms. The molecule has 2 nitrogen and oxygen atoms in total. The van der Waals surface area contributed by atoms with E-state index < -0.39 is 0 Å². The van der Waals surface area contributed by atoms with Crippen molar-refractivity contribution in [1.82, 2.24) is 10.3 Å². The van der Waals surface area contributed by atoms with Crippen LogP contribution in [0, 0.1) is 6.92 Å². The molecular formula is C11H17ClN2S. The monoisotopic (exact) mass is 244 g/mol. The van der Waals surface area contributed by atoms with E-state index in [-0.39, 0.29) is 12.4 Å². The summed E-state index contributed by atoms with van der Waals surface area (Å²) in [6.45, 7) is 3.26. The Labute approximate surface area is 102 Å².